The van der Waals surface area contributed by atoms with Crippen molar-refractivity contribution in [2.45, 2.75) is 43.8 Å². The quantitative estimate of drug-likeness (QED) is 0.498. The Kier molecular flexibility index (Phi) is 7.58. The number of nitrogens with one attached hydrogen (secondary N) is 2. The van der Waals surface area contributed by atoms with Gasteiger partial charge in [-0.15, -0.1) is 11.8 Å². The second kappa shape index (κ2) is 10.4. The molecule has 3 aromatic rings. The lowest BCUT2D eigenvalue weighted by molar-refractivity contribution is -0.116. The minimum atomic E-state index is -0.444. The van der Waals surface area contributed by atoms with Crippen LogP contribution in [0.5, 0.6) is 0 Å². The van der Waals surface area contributed by atoms with Gasteiger partial charge >= 0.3 is 0 Å². The molecule has 1 unspecified atom stereocenters. The third-order valence-electron chi connectivity index (χ3n) is 5.08. The van der Waals surface area contributed by atoms with Crippen molar-refractivity contribution in [1.29, 1.82) is 0 Å². The predicted octanol–water partition coefficient (Wildman–Crippen LogP) is 4.34. The summed E-state index contributed by atoms with van der Waals surface area (Å²) in [5, 5.41) is 5.23. The van der Waals surface area contributed by atoms with E-state index in [9.17, 15) is 14.4 Å². The summed E-state index contributed by atoms with van der Waals surface area (Å²) in [6.07, 6.45) is 1.25. The second-order valence-electron chi connectivity index (χ2n) is 7.51. The number of thioether (sulfide) groups is 1. The van der Waals surface area contributed by atoms with Crippen molar-refractivity contribution in [2.75, 3.05) is 10.6 Å². The van der Waals surface area contributed by atoms with E-state index < -0.39 is 5.25 Å². The zero-order valence-electron chi connectivity index (χ0n) is 18.7. The highest BCUT2D eigenvalue weighted by atomic mass is 32.2. The van der Waals surface area contributed by atoms with E-state index in [1.807, 2.05) is 61.5 Å². The minimum absolute atomic E-state index is 0.0327. The van der Waals surface area contributed by atoms with E-state index in [2.05, 4.69) is 10.6 Å². The number of carbonyl (C=O) groups excluding carboxylic acids is 2. The lowest BCUT2D eigenvalue weighted by Crippen LogP contribution is -2.27. The van der Waals surface area contributed by atoms with Gasteiger partial charge in [-0.3, -0.25) is 19.1 Å². The topological polar surface area (TPSA) is 85.1 Å². The smallest absolute Gasteiger partial charge is 0.295 e. The van der Waals surface area contributed by atoms with Gasteiger partial charge in [0.05, 0.1) is 16.6 Å². The number of rotatable bonds is 8. The largest absolute Gasteiger partial charge is 0.326 e. The first-order valence-electron chi connectivity index (χ1n) is 10.5. The van der Waals surface area contributed by atoms with Crippen molar-refractivity contribution in [3.05, 3.63) is 70.6 Å². The van der Waals surface area contributed by atoms with Gasteiger partial charge in [-0.2, -0.15) is 0 Å². The molecule has 0 fully saturated rings. The molecule has 168 valence electrons. The Balaban J connectivity index is 1.73. The van der Waals surface area contributed by atoms with E-state index in [1.165, 1.54) is 16.4 Å². The molecule has 0 spiro atoms. The number of para-hydroxylation sites is 1. The van der Waals surface area contributed by atoms with Gasteiger partial charge in [0.25, 0.3) is 5.56 Å². The highest BCUT2D eigenvalue weighted by Gasteiger charge is 2.21. The summed E-state index contributed by atoms with van der Waals surface area (Å²) >= 11 is 1.37. The minimum Gasteiger partial charge on any atom is -0.326 e. The van der Waals surface area contributed by atoms with Crippen molar-refractivity contribution < 1.29 is 9.59 Å². The van der Waals surface area contributed by atoms with Gasteiger partial charge in [0.15, 0.2) is 0 Å². The molecule has 3 rings (SSSR count). The molecule has 0 saturated heterocycles. The first-order valence-corrected chi connectivity index (χ1v) is 11.4. The first kappa shape index (κ1) is 23.4. The Morgan fingerprint density at radius 2 is 1.78 bits per heavy atom. The van der Waals surface area contributed by atoms with Crippen LogP contribution in [0.2, 0.25) is 0 Å². The Hall–Kier alpha value is -3.26. The number of benzene rings is 2. The van der Waals surface area contributed by atoms with E-state index in [0.29, 0.717) is 17.8 Å². The zero-order valence-corrected chi connectivity index (χ0v) is 19.5. The molecule has 2 amide bonds. The Labute approximate surface area is 191 Å². The summed E-state index contributed by atoms with van der Waals surface area (Å²) < 4.78 is 3.26. The maximum absolute atomic E-state index is 13.0. The van der Waals surface area contributed by atoms with Crippen LogP contribution in [0.3, 0.4) is 0 Å². The first-order chi connectivity index (χ1) is 15.3. The third kappa shape index (κ3) is 5.31. The molecule has 1 heterocycles. The highest BCUT2D eigenvalue weighted by Crippen LogP contribution is 2.27. The molecule has 0 aliphatic heterocycles. The number of amides is 2. The molecule has 0 aliphatic carbocycles. The number of hydrogen-bond acceptors (Lipinski definition) is 4. The fourth-order valence-electron chi connectivity index (χ4n) is 3.29. The summed E-state index contributed by atoms with van der Waals surface area (Å²) in [6.45, 7) is 5.54. The summed E-state index contributed by atoms with van der Waals surface area (Å²) in [5.74, 6) is -0.295. The van der Waals surface area contributed by atoms with E-state index in [-0.39, 0.29) is 23.1 Å². The van der Waals surface area contributed by atoms with Crippen LogP contribution in [0, 0.1) is 6.92 Å². The monoisotopic (exact) mass is 452 g/mol. The van der Waals surface area contributed by atoms with Crippen molar-refractivity contribution in [2.24, 2.45) is 7.05 Å². The van der Waals surface area contributed by atoms with Crippen molar-refractivity contribution in [3.8, 4) is 5.69 Å². The van der Waals surface area contributed by atoms with Crippen molar-refractivity contribution in [1.82, 2.24) is 9.36 Å². The van der Waals surface area contributed by atoms with Crippen molar-refractivity contribution in [3.63, 3.8) is 0 Å². The van der Waals surface area contributed by atoms with E-state index >= 15 is 0 Å². The SMILES string of the molecule is CCCC(=O)Nc1cccc(SC(C)C(=O)Nc2c(C)n(C)n(-c3ccccc3)c2=O)c1. The molecule has 2 aromatic carbocycles. The van der Waals surface area contributed by atoms with Gasteiger partial charge < -0.3 is 10.6 Å². The second-order valence-corrected chi connectivity index (χ2v) is 8.93. The molecule has 0 radical (unpaired) electrons. The third-order valence-corrected chi connectivity index (χ3v) is 6.17. The summed E-state index contributed by atoms with van der Waals surface area (Å²) in [7, 11) is 1.79. The highest BCUT2D eigenvalue weighted by molar-refractivity contribution is 8.00. The lowest BCUT2D eigenvalue weighted by atomic mass is 10.3. The zero-order chi connectivity index (χ0) is 23.3. The average Bonchev–Trinajstić information content (AvgIpc) is 2.97. The number of carbonyl (C=O) groups is 2. The fraction of sp³-hybridized carbons (Fsp3) is 0.292. The van der Waals surface area contributed by atoms with Crippen molar-refractivity contribution >= 4 is 35.0 Å². The summed E-state index contributed by atoms with van der Waals surface area (Å²) in [4.78, 5) is 38.6. The molecule has 8 heteroatoms. The Morgan fingerprint density at radius 1 is 1.06 bits per heavy atom. The molecule has 0 saturated carbocycles. The van der Waals surface area contributed by atoms with Gasteiger partial charge in [-0.1, -0.05) is 31.2 Å². The predicted molar refractivity (Wildman–Crippen MR) is 130 cm³/mol. The van der Waals surface area contributed by atoms with Crippen LogP contribution in [0.1, 0.15) is 32.4 Å². The van der Waals surface area contributed by atoms with Crippen LogP contribution in [0.25, 0.3) is 5.69 Å². The standard InChI is InChI=1S/C24H28N4O3S/c1-5-10-21(29)25-18-11-9-14-20(15-18)32-17(3)23(30)26-22-16(2)27(4)28(24(22)31)19-12-7-6-8-13-19/h6-9,11-15,17H,5,10H2,1-4H3,(H,25,29)(H,26,30). The van der Waals surface area contributed by atoms with Gasteiger partial charge in [-0.05, 0) is 50.6 Å². The Bertz CT molecular complexity index is 1170. The number of anilines is 2. The average molecular weight is 453 g/mol. The fourth-order valence-corrected chi connectivity index (χ4v) is 4.22. The number of aromatic nitrogens is 2. The van der Waals surface area contributed by atoms with Gasteiger partial charge in [0.1, 0.15) is 5.69 Å². The molecule has 7 nitrogen and oxygen atoms in total. The van der Waals surface area contributed by atoms with Crippen LogP contribution < -0.4 is 16.2 Å². The van der Waals surface area contributed by atoms with Crippen LogP contribution in [-0.2, 0) is 16.6 Å². The number of nitrogens with zero attached hydrogens (tertiary/aromatic N) is 2. The van der Waals surface area contributed by atoms with Crippen LogP contribution in [0.4, 0.5) is 11.4 Å². The normalized spacial score (nSPS) is 11.8. The van der Waals surface area contributed by atoms with E-state index in [1.54, 1.807) is 25.6 Å². The molecule has 1 atom stereocenters. The van der Waals surface area contributed by atoms with E-state index in [0.717, 1.165) is 17.0 Å². The number of hydrogen-bond donors (Lipinski definition) is 2. The maximum Gasteiger partial charge on any atom is 0.295 e. The van der Waals surface area contributed by atoms with E-state index in [4.69, 9.17) is 0 Å². The van der Waals surface area contributed by atoms with Gasteiger partial charge in [0.2, 0.25) is 11.8 Å². The lowest BCUT2D eigenvalue weighted by Gasteiger charge is -2.12. The Morgan fingerprint density at radius 3 is 2.47 bits per heavy atom. The van der Waals surface area contributed by atoms with Gasteiger partial charge in [-0.25, -0.2) is 4.68 Å². The maximum atomic E-state index is 13.0. The molecular weight excluding hydrogens is 424 g/mol. The summed E-state index contributed by atoms with van der Waals surface area (Å²) in [5.41, 5.74) is 2.10. The molecule has 1 aromatic heterocycles. The molecule has 0 bridgehead atoms. The van der Waals surface area contributed by atoms with Crippen LogP contribution in [-0.4, -0.2) is 26.4 Å². The molecule has 0 aliphatic rings. The van der Waals surface area contributed by atoms with Gasteiger partial charge in [0, 0.05) is 24.1 Å². The van der Waals surface area contributed by atoms with Crippen LogP contribution >= 0.6 is 11.8 Å². The van der Waals surface area contributed by atoms with Crippen LogP contribution in [0.15, 0.2) is 64.3 Å². The molecule has 2 N–H and O–H groups in total. The molecule has 32 heavy (non-hydrogen) atoms. The summed E-state index contributed by atoms with van der Waals surface area (Å²) in [6, 6.07) is 16.7. The molecular formula is C24H28N4O3S.